The zero-order chi connectivity index (χ0) is 16.0. The summed E-state index contributed by atoms with van der Waals surface area (Å²) in [5.41, 5.74) is 0. The highest BCUT2D eigenvalue weighted by Gasteiger charge is 2.21. The summed E-state index contributed by atoms with van der Waals surface area (Å²) in [5, 5.41) is 3.25. The first kappa shape index (κ1) is 18.2. The third-order valence-electron chi connectivity index (χ3n) is 3.42. The maximum Gasteiger partial charge on any atom is 0.275 e. The fourth-order valence-electron chi connectivity index (χ4n) is 1.70. The van der Waals surface area contributed by atoms with Crippen LogP contribution in [0.1, 0.15) is 26.0 Å². The van der Waals surface area contributed by atoms with Gasteiger partial charge < -0.3 is 14.6 Å². The summed E-state index contributed by atoms with van der Waals surface area (Å²) in [5.74, 6) is 0.632. The number of hydrogen-bond acceptors (Lipinski definition) is 5. The first-order valence-corrected chi connectivity index (χ1v) is 8.61. The molecule has 0 amide bonds. The Kier molecular flexibility index (Phi) is 6.86. The second-order valence-electron chi connectivity index (χ2n) is 5.61. The summed E-state index contributed by atoms with van der Waals surface area (Å²) in [6.45, 7) is 6.77. The van der Waals surface area contributed by atoms with Crippen LogP contribution in [0.5, 0.6) is 0 Å². The third-order valence-corrected chi connectivity index (χ3v) is 5.11. The summed E-state index contributed by atoms with van der Waals surface area (Å²) in [4.78, 5) is 2.29. The smallest absolute Gasteiger partial charge is 0.275 e. The molecule has 1 aromatic heterocycles. The molecule has 0 aromatic carbocycles. The van der Waals surface area contributed by atoms with Crippen molar-refractivity contribution in [1.29, 1.82) is 0 Å². The second-order valence-corrected chi connectivity index (χ2v) is 7.70. The number of nitrogens with zero attached hydrogens (tertiary/aromatic N) is 2. The maximum atomic E-state index is 11.9. The number of furan rings is 1. The molecule has 0 radical (unpaired) electrons. The predicted molar refractivity (Wildman–Crippen MR) is 83.7 cm³/mol. The van der Waals surface area contributed by atoms with Crippen molar-refractivity contribution >= 4 is 10.0 Å². The SMILES string of the molecule is CC(C)N(C)CCCNCc1ccc(S(=O)(=O)N(C)C)o1. The van der Waals surface area contributed by atoms with E-state index in [1.54, 1.807) is 6.07 Å². The topological polar surface area (TPSA) is 65.8 Å². The third kappa shape index (κ3) is 5.43. The summed E-state index contributed by atoms with van der Waals surface area (Å²) >= 11 is 0. The summed E-state index contributed by atoms with van der Waals surface area (Å²) < 4.78 is 30.2. The molecule has 0 saturated heterocycles. The van der Waals surface area contributed by atoms with Crippen LogP contribution in [0.2, 0.25) is 0 Å². The van der Waals surface area contributed by atoms with Gasteiger partial charge in [-0.25, -0.2) is 12.7 Å². The van der Waals surface area contributed by atoms with Crippen LogP contribution in [0.3, 0.4) is 0 Å². The summed E-state index contributed by atoms with van der Waals surface area (Å²) in [7, 11) is 1.60. The van der Waals surface area contributed by atoms with Gasteiger partial charge >= 0.3 is 0 Å². The fourth-order valence-corrected chi connectivity index (χ4v) is 2.51. The van der Waals surface area contributed by atoms with Gasteiger partial charge in [0, 0.05) is 20.1 Å². The lowest BCUT2D eigenvalue weighted by Crippen LogP contribution is -2.29. The number of sulfonamides is 1. The monoisotopic (exact) mass is 317 g/mol. The molecule has 122 valence electrons. The normalized spacial score (nSPS) is 12.8. The highest BCUT2D eigenvalue weighted by molar-refractivity contribution is 7.88. The van der Waals surface area contributed by atoms with Crippen LogP contribution in [0.4, 0.5) is 0 Å². The molecule has 0 aliphatic rings. The molecule has 0 unspecified atom stereocenters. The van der Waals surface area contributed by atoms with Crippen LogP contribution < -0.4 is 5.32 Å². The standard InChI is InChI=1S/C14H27N3O3S/c1-12(2)17(5)10-6-9-15-11-13-7-8-14(20-13)21(18,19)16(3)4/h7-8,12,15H,6,9-11H2,1-5H3. The molecule has 1 rings (SSSR count). The van der Waals surface area contributed by atoms with Gasteiger partial charge in [0.05, 0.1) is 6.54 Å². The van der Waals surface area contributed by atoms with Crippen LogP contribution in [0.15, 0.2) is 21.6 Å². The lowest BCUT2D eigenvalue weighted by Gasteiger charge is -2.20. The maximum absolute atomic E-state index is 11.9. The quantitative estimate of drug-likeness (QED) is 0.697. The van der Waals surface area contributed by atoms with Gasteiger partial charge in [-0.05, 0) is 52.5 Å². The Morgan fingerprint density at radius 2 is 1.90 bits per heavy atom. The van der Waals surface area contributed by atoms with E-state index in [1.807, 2.05) is 0 Å². The Morgan fingerprint density at radius 1 is 1.24 bits per heavy atom. The molecule has 0 aliphatic carbocycles. The largest absolute Gasteiger partial charge is 0.447 e. The first-order chi connectivity index (χ1) is 9.75. The first-order valence-electron chi connectivity index (χ1n) is 7.17. The van der Waals surface area contributed by atoms with E-state index in [1.165, 1.54) is 20.2 Å². The molecule has 0 atom stereocenters. The highest BCUT2D eigenvalue weighted by Crippen LogP contribution is 2.16. The molecular formula is C14H27N3O3S. The molecular weight excluding hydrogens is 290 g/mol. The van der Waals surface area contributed by atoms with Gasteiger partial charge in [-0.3, -0.25) is 0 Å². The Hall–Kier alpha value is -0.890. The van der Waals surface area contributed by atoms with Crippen LogP contribution in [0, 0.1) is 0 Å². The fraction of sp³-hybridized carbons (Fsp3) is 0.714. The molecule has 0 spiro atoms. The van der Waals surface area contributed by atoms with Crippen LogP contribution in [-0.4, -0.2) is 57.9 Å². The van der Waals surface area contributed by atoms with Crippen LogP contribution >= 0.6 is 0 Å². The Balaban J connectivity index is 2.36. The number of rotatable bonds is 9. The lowest BCUT2D eigenvalue weighted by molar-refractivity contribution is 0.268. The van der Waals surface area contributed by atoms with E-state index in [9.17, 15) is 8.42 Å². The Labute approximate surface area is 128 Å². The van der Waals surface area contributed by atoms with Crippen molar-refractivity contribution in [2.24, 2.45) is 0 Å². The Morgan fingerprint density at radius 3 is 2.48 bits per heavy atom. The van der Waals surface area contributed by atoms with Gasteiger partial charge in [0.25, 0.3) is 10.0 Å². The van der Waals surface area contributed by atoms with Crippen molar-refractivity contribution in [3.05, 3.63) is 17.9 Å². The molecule has 0 saturated carbocycles. The van der Waals surface area contributed by atoms with Crippen LogP contribution in [-0.2, 0) is 16.6 Å². The van der Waals surface area contributed by atoms with Gasteiger partial charge in [0.1, 0.15) is 5.76 Å². The van der Waals surface area contributed by atoms with E-state index in [0.29, 0.717) is 18.3 Å². The predicted octanol–water partition coefficient (Wildman–Crippen LogP) is 1.35. The number of hydrogen-bond donors (Lipinski definition) is 1. The molecule has 1 aromatic rings. The molecule has 1 heterocycles. The van der Waals surface area contributed by atoms with E-state index in [2.05, 4.69) is 31.1 Å². The van der Waals surface area contributed by atoms with Crippen molar-refractivity contribution in [3.63, 3.8) is 0 Å². The van der Waals surface area contributed by atoms with E-state index in [4.69, 9.17) is 4.42 Å². The molecule has 0 bridgehead atoms. The van der Waals surface area contributed by atoms with E-state index >= 15 is 0 Å². The van der Waals surface area contributed by atoms with E-state index in [-0.39, 0.29) is 5.09 Å². The minimum Gasteiger partial charge on any atom is -0.447 e. The van der Waals surface area contributed by atoms with Crippen molar-refractivity contribution in [2.45, 2.75) is 37.9 Å². The van der Waals surface area contributed by atoms with Crippen molar-refractivity contribution in [2.75, 3.05) is 34.2 Å². The molecule has 0 aliphatic heterocycles. The molecule has 21 heavy (non-hydrogen) atoms. The summed E-state index contributed by atoms with van der Waals surface area (Å²) in [6.07, 6.45) is 1.04. The van der Waals surface area contributed by atoms with Gasteiger partial charge in [-0.1, -0.05) is 0 Å². The minimum atomic E-state index is -3.48. The average Bonchev–Trinajstić information content (AvgIpc) is 2.87. The van der Waals surface area contributed by atoms with E-state index in [0.717, 1.165) is 23.8 Å². The van der Waals surface area contributed by atoms with Gasteiger partial charge in [-0.2, -0.15) is 0 Å². The highest BCUT2D eigenvalue weighted by atomic mass is 32.2. The molecule has 1 N–H and O–H groups in total. The van der Waals surface area contributed by atoms with Gasteiger partial charge in [-0.15, -0.1) is 0 Å². The average molecular weight is 317 g/mol. The van der Waals surface area contributed by atoms with Gasteiger partial charge in [0.2, 0.25) is 5.09 Å². The van der Waals surface area contributed by atoms with Crippen LogP contribution in [0.25, 0.3) is 0 Å². The zero-order valence-electron chi connectivity index (χ0n) is 13.6. The minimum absolute atomic E-state index is 0.0103. The Bertz CT molecular complexity index is 523. The molecule has 7 heteroatoms. The van der Waals surface area contributed by atoms with Crippen molar-refractivity contribution < 1.29 is 12.8 Å². The second kappa shape index (κ2) is 7.93. The summed E-state index contributed by atoms with van der Waals surface area (Å²) in [6, 6.07) is 3.75. The van der Waals surface area contributed by atoms with Gasteiger partial charge in [0.15, 0.2) is 0 Å². The zero-order valence-corrected chi connectivity index (χ0v) is 14.4. The van der Waals surface area contributed by atoms with Crippen molar-refractivity contribution in [3.8, 4) is 0 Å². The molecule has 6 nitrogen and oxygen atoms in total. The number of nitrogens with one attached hydrogen (secondary N) is 1. The van der Waals surface area contributed by atoms with E-state index < -0.39 is 10.0 Å². The lowest BCUT2D eigenvalue weighted by atomic mass is 10.3. The molecule has 0 fully saturated rings. The van der Waals surface area contributed by atoms with Crippen molar-refractivity contribution in [1.82, 2.24) is 14.5 Å².